The lowest BCUT2D eigenvalue weighted by Crippen LogP contribution is -2.50. The molecule has 1 heterocycles. The molecule has 0 aromatic heterocycles. The highest BCUT2D eigenvalue weighted by atomic mass is 35.5. The number of halogens is 2. The molecule has 2 aromatic rings. The molecule has 8 heteroatoms. The Morgan fingerprint density at radius 1 is 1.04 bits per heavy atom. The first-order chi connectivity index (χ1) is 12.4. The van der Waals surface area contributed by atoms with Crippen LogP contribution in [-0.2, 0) is 21.2 Å². The predicted octanol–water partition coefficient (Wildman–Crippen LogP) is 2.55. The van der Waals surface area contributed by atoms with Crippen LogP contribution in [-0.4, -0.2) is 49.7 Å². The molecule has 138 valence electrons. The molecule has 0 atom stereocenters. The fourth-order valence-electron chi connectivity index (χ4n) is 2.84. The average molecular weight is 397 g/mol. The third-order valence-corrected chi connectivity index (χ3v) is 6.42. The van der Waals surface area contributed by atoms with Crippen molar-refractivity contribution in [1.29, 1.82) is 0 Å². The Bertz CT molecular complexity index is 895. The van der Waals surface area contributed by atoms with Crippen LogP contribution in [0.4, 0.5) is 4.39 Å². The molecule has 0 N–H and O–H groups in total. The van der Waals surface area contributed by atoms with Crippen molar-refractivity contribution in [2.75, 3.05) is 26.2 Å². The number of nitrogens with zero attached hydrogens (tertiary/aromatic N) is 2. The Balaban J connectivity index is 1.61. The lowest BCUT2D eigenvalue weighted by molar-refractivity contribution is -0.131. The Morgan fingerprint density at radius 3 is 2.31 bits per heavy atom. The number of hydrogen-bond donors (Lipinski definition) is 0. The highest BCUT2D eigenvalue weighted by Crippen LogP contribution is 2.21. The molecule has 1 aliphatic rings. The van der Waals surface area contributed by atoms with Crippen LogP contribution in [0.1, 0.15) is 5.56 Å². The van der Waals surface area contributed by atoms with Crippen molar-refractivity contribution in [3.05, 3.63) is 64.9 Å². The number of piperazine rings is 1. The van der Waals surface area contributed by atoms with Crippen molar-refractivity contribution in [2.45, 2.75) is 11.3 Å². The maximum atomic E-state index is 12.9. The molecule has 3 rings (SSSR count). The van der Waals surface area contributed by atoms with Crippen molar-refractivity contribution in [1.82, 2.24) is 9.21 Å². The summed E-state index contributed by atoms with van der Waals surface area (Å²) in [5.74, 6) is -0.447. The van der Waals surface area contributed by atoms with Gasteiger partial charge in [-0.2, -0.15) is 4.31 Å². The molecule has 0 unspecified atom stereocenters. The second kappa shape index (κ2) is 7.73. The molecule has 5 nitrogen and oxygen atoms in total. The molecular formula is C18H18ClFN2O3S. The fraction of sp³-hybridized carbons (Fsp3) is 0.278. The zero-order valence-corrected chi connectivity index (χ0v) is 15.5. The second-order valence-corrected chi connectivity index (χ2v) is 8.42. The molecule has 1 saturated heterocycles. The number of carbonyl (C=O) groups is 1. The van der Waals surface area contributed by atoms with Gasteiger partial charge >= 0.3 is 0 Å². The van der Waals surface area contributed by atoms with Gasteiger partial charge in [0.1, 0.15) is 5.82 Å². The summed E-state index contributed by atoms with van der Waals surface area (Å²) in [4.78, 5) is 14.2. The Labute approximate surface area is 157 Å². The minimum Gasteiger partial charge on any atom is -0.340 e. The largest absolute Gasteiger partial charge is 0.340 e. The van der Waals surface area contributed by atoms with Gasteiger partial charge in [-0.3, -0.25) is 4.79 Å². The molecule has 0 aliphatic carbocycles. The number of hydrogen-bond acceptors (Lipinski definition) is 3. The first-order valence-electron chi connectivity index (χ1n) is 8.14. The van der Waals surface area contributed by atoms with E-state index in [0.29, 0.717) is 18.1 Å². The van der Waals surface area contributed by atoms with Gasteiger partial charge in [-0.05, 0) is 35.9 Å². The number of carbonyl (C=O) groups excluding carboxylic acids is 1. The van der Waals surface area contributed by atoms with Crippen molar-refractivity contribution in [3.8, 4) is 0 Å². The van der Waals surface area contributed by atoms with Gasteiger partial charge in [0, 0.05) is 31.2 Å². The summed E-state index contributed by atoms with van der Waals surface area (Å²) in [6, 6.07) is 11.9. The SMILES string of the molecule is O=C(Cc1ccc(F)cc1)N1CCN(S(=O)(=O)c2cccc(Cl)c2)CC1. The molecule has 0 spiro atoms. The highest BCUT2D eigenvalue weighted by molar-refractivity contribution is 7.89. The topological polar surface area (TPSA) is 57.7 Å². The number of amides is 1. The number of rotatable bonds is 4. The zero-order chi connectivity index (χ0) is 18.7. The Morgan fingerprint density at radius 2 is 1.69 bits per heavy atom. The number of benzene rings is 2. The summed E-state index contributed by atoms with van der Waals surface area (Å²) in [6.45, 7) is 1.09. The van der Waals surface area contributed by atoms with Gasteiger partial charge in [-0.15, -0.1) is 0 Å². The monoisotopic (exact) mass is 396 g/mol. The summed E-state index contributed by atoms with van der Waals surface area (Å²) in [5.41, 5.74) is 0.727. The van der Waals surface area contributed by atoms with E-state index in [1.165, 1.54) is 28.6 Å². The van der Waals surface area contributed by atoms with Gasteiger partial charge in [-0.25, -0.2) is 12.8 Å². The van der Waals surface area contributed by atoms with Crippen molar-refractivity contribution < 1.29 is 17.6 Å². The van der Waals surface area contributed by atoms with Crippen LogP contribution in [0.3, 0.4) is 0 Å². The summed E-state index contributed by atoms with van der Waals surface area (Å²) in [7, 11) is -3.63. The standard InChI is InChI=1S/C18H18ClFN2O3S/c19-15-2-1-3-17(13-15)26(24,25)22-10-8-21(9-11-22)18(23)12-14-4-6-16(20)7-5-14/h1-7,13H,8-12H2. The Kier molecular flexibility index (Phi) is 5.60. The van der Waals surface area contributed by atoms with Crippen LogP contribution in [0.5, 0.6) is 0 Å². The van der Waals surface area contributed by atoms with Crippen LogP contribution < -0.4 is 0 Å². The first-order valence-corrected chi connectivity index (χ1v) is 9.96. The van der Waals surface area contributed by atoms with E-state index in [1.807, 2.05) is 0 Å². The molecule has 2 aromatic carbocycles. The molecule has 0 radical (unpaired) electrons. The maximum Gasteiger partial charge on any atom is 0.243 e. The first kappa shape index (κ1) is 18.8. The predicted molar refractivity (Wildman–Crippen MR) is 96.9 cm³/mol. The smallest absolute Gasteiger partial charge is 0.243 e. The second-order valence-electron chi connectivity index (χ2n) is 6.05. The van der Waals surface area contributed by atoms with E-state index in [1.54, 1.807) is 29.2 Å². The van der Waals surface area contributed by atoms with Crippen LogP contribution >= 0.6 is 11.6 Å². The minimum absolute atomic E-state index is 0.101. The van der Waals surface area contributed by atoms with Gasteiger partial charge in [-0.1, -0.05) is 29.8 Å². The van der Waals surface area contributed by atoms with Crippen molar-refractivity contribution in [3.63, 3.8) is 0 Å². The minimum atomic E-state index is -3.63. The van der Waals surface area contributed by atoms with Crippen LogP contribution in [0, 0.1) is 5.82 Å². The molecule has 1 aliphatic heterocycles. The Hall–Kier alpha value is -1.96. The van der Waals surface area contributed by atoms with Gasteiger partial charge in [0.15, 0.2) is 0 Å². The molecule has 26 heavy (non-hydrogen) atoms. The molecule has 0 bridgehead atoms. The third kappa shape index (κ3) is 4.23. The van der Waals surface area contributed by atoms with Crippen LogP contribution in [0.25, 0.3) is 0 Å². The van der Waals surface area contributed by atoms with Crippen LogP contribution in [0.15, 0.2) is 53.4 Å². The van der Waals surface area contributed by atoms with E-state index < -0.39 is 10.0 Å². The lowest BCUT2D eigenvalue weighted by atomic mass is 10.1. The van der Waals surface area contributed by atoms with Crippen molar-refractivity contribution >= 4 is 27.5 Å². The molecule has 0 saturated carbocycles. The summed E-state index contributed by atoms with van der Waals surface area (Å²) >= 11 is 5.88. The van der Waals surface area contributed by atoms with E-state index in [-0.39, 0.29) is 36.1 Å². The summed E-state index contributed by atoms with van der Waals surface area (Å²) in [6.07, 6.45) is 0.168. The normalized spacial score (nSPS) is 15.8. The van der Waals surface area contributed by atoms with E-state index in [0.717, 1.165) is 5.56 Å². The maximum absolute atomic E-state index is 12.9. The summed E-state index contributed by atoms with van der Waals surface area (Å²) < 4.78 is 39.6. The number of sulfonamides is 1. The van der Waals surface area contributed by atoms with Crippen molar-refractivity contribution in [2.24, 2.45) is 0 Å². The van der Waals surface area contributed by atoms with Gasteiger partial charge in [0.25, 0.3) is 0 Å². The summed E-state index contributed by atoms with van der Waals surface area (Å²) in [5, 5.41) is 0.360. The van der Waals surface area contributed by atoms with Crippen LogP contribution in [0.2, 0.25) is 5.02 Å². The lowest BCUT2D eigenvalue weighted by Gasteiger charge is -2.34. The van der Waals surface area contributed by atoms with E-state index in [2.05, 4.69) is 0 Å². The fourth-order valence-corrected chi connectivity index (χ4v) is 4.57. The van der Waals surface area contributed by atoms with Gasteiger partial charge < -0.3 is 4.90 Å². The highest BCUT2D eigenvalue weighted by Gasteiger charge is 2.30. The molecule has 1 fully saturated rings. The van der Waals surface area contributed by atoms with E-state index in [9.17, 15) is 17.6 Å². The third-order valence-electron chi connectivity index (χ3n) is 4.29. The quantitative estimate of drug-likeness (QED) is 0.798. The van der Waals surface area contributed by atoms with Gasteiger partial charge in [0.05, 0.1) is 11.3 Å². The van der Waals surface area contributed by atoms with Gasteiger partial charge in [0.2, 0.25) is 15.9 Å². The van der Waals surface area contributed by atoms with E-state index in [4.69, 9.17) is 11.6 Å². The molecular weight excluding hydrogens is 379 g/mol. The van der Waals surface area contributed by atoms with E-state index >= 15 is 0 Å². The molecule has 1 amide bonds. The average Bonchev–Trinajstić information content (AvgIpc) is 2.64. The zero-order valence-electron chi connectivity index (χ0n) is 13.9.